The fourth-order valence-corrected chi connectivity index (χ4v) is 2.05. The van der Waals surface area contributed by atoms with Crippen molar-refractivity contribution in [1.29, 1.82) is 0 Å². The fourth-order valence-electron chi connectivity index (χ4n) is 2.05. The molecular weight excluding hydrogens is 250 g/mol. The second-order valence-corrected chi connectivity index (χ2v) is 4.85. The Morgan fingerprint density at radius 3 is 2.45 bits per heavy atom. The van der Waals surface area contributed by atoms with Gasteiger partial charge in [-0.15, -0.1) is 0 Å². The molecule has 0 spiro atoms. The van der Waals surface area contributed by atoms with Crippen LogP contribution in [0, 0.1) is 6.92 Å². The van der Waals surface area contributed by atoms with Crippen molar-refractivity contribution in [3.8, 4) is 5.75 Å². The average Bonchev–Trinajstić information content (AvgIpc) is 2.47. The van der Waals surface area contributed by atoms with Gasteiger partial charge in [0.15, 0.2) is 5.78 Å². The van der Waals surface area contributed by atoms with Gasteiger partial charge in [-0.1, -0.05) is 23.8 Å². The van der Waals surface area contributed by atoms with Gasteiger partial charge in [0.2, 0.25) is 0 Å². The third-order valence-corrected chi connectivity index (χ3v) is 3.23. The zero-order valence-electron chi connectivity index (χ0n) is 12.1. The van der Waals surface area contributed by atoms with E-state index in [1.54, 1.807) is 7.11 Å². The minimum atomic E-state index is 0.118. The van der Waals surface area contributed by atoms with E-state index < -0.39 is 0 Å². The molecular formula is C17H19NO2. The summed E-state index contributed by atoms with van der Waals surface area (Å²) in [5, 5.41) is 0. The van der Waals surface area contributed by atoms with Gasteiger partial charge in [0.1, 0.15) is 5.75 Å². The normalized spacial score (nSPS) is 10.2. The number of likely N-dealkylation sites (N-methyl/N-ethyl adjacent to an activating group) is 1. The van der Waals surface area contributed by atoms with Crippen molar-refractivity contribution in [3.63, 3.8) is 0 Å². The molecule has 0 saturated carbocycles. The van der Waals surface area contributed by atoms with Gasteiger partial charge >= 0.3 is 0 Å². The molecule has 0 aromatic heterocycles. The lowest BCUT2D eigenvalue weighted by atomic mass is 10.1. The lowest BCUT2D eigenvalue weighted by molar-refractivity contribution is 0.100. The van der Waals surface area contributed by atoms with Gasteiger partial charge in [-0.3, -0.25) is 4.79 Å². The highest BCUT2D eigenvalue weighted by molar-refractivity contribution is 5.99. The minimum absolute atomic E-state index is 0.118. The Labute approximate surface area is 119 Å². The Morgan fingerprint density at radius 2 is 1.85 bits per heavy atom. The number of ether oxygens (including phenoxy) is 1. The molecule has 0 heterocycles. The maximum absolute atomic E-state index is 12.2. The number of methoxy groups -OCH3 is 1. The van der Waals surface area contributed by atoms with E-state index in [1.807, 2.05) is 67.4 Å². The van der Waals surface area contributed by atoms with Gasteiger partial charge < -0.3 is 9.64 Å². The number of hydrogen-bond acceptors (Lipinski definition) is 3. The second kappa shape index (κ2) is 6.24. The molecule has 2 rings (SSSR count). The second-order valence-electron chi connectivity index (χ2n) is 4.85. The van der Waals surface area contributed by atoms with Crippen LogP contribution in [0.4, 0.5) is 5.69 Å². The SMILES string of the molecule is COc1ccc(N(C)CC(=O)c2cccc(C)c2)cc1. The van der Waals surface area contributed by atoms with Crippen molar-refractivity contribution in [2.24, 2.45) is 0 Å². The van der Waals surface area contributed by atoms with Gasteiger partial charge in [0.25, 0.3) is 0 Å². The number of hydrogen-bond donors (Lipinski definition) is 0. The van der Waals surface area contributed by atoms with E-state index in [1.165, 1.54) is 0 Å². The lowest BCUT2D eigenvalue weighted by Crippen LogP contribution is -2.25. The van der Waals surface area contributed by atoms with Gasteiger partial charge in [0.05, 0.1) is 13.7 Å². The van der Waals surface area contributed by atoms with Crippen molar-refractivity contribution in [1.82, 2.24) is 0 Å². The zero-order chi connectivity index (χ0) is 14.5. The van der Waals surface area contributed by atoms with Crippen LogP contribution in [0.5, 0.6) is 5.75 Å². The van der Waals surface area contributed by atoms with E-state index in [-0.39, 0.29) is 5.78 Å². The van der Waals surface area contributed by atoms with Crippen molar-refractivity contribution in [3.05, 3.63) is 59.7 Å². The Kier molecular flexibility index (Phi) is 4.41. The number of rotatable bonds is 5. The minimum Gasteiger partial charge on any atom is -0.497 e. The Bertz CT molecular complexity index is 590. The van der Waals surface area contributed by atoms with Crippen LogP contribution in [0.3, 0.4) is 0 Å². The van der Waals surface area contributed by atoms with E-state index in [4.69, 9.17) is 4.74 Å². The molecule has 3 nitrogen and oxygen atoms in total. The molecule has 0 unspecified atom stereocenters. The van der Waals surface area contributed by atoms with Crippen LogP contribution in [0.25, 0.3) is 0 Å². The number of Topliss-reactive ketones (excluding diaryl/α,β-unsaturated/α-hetero) is 1. The van der Waals surface area contributed by atoms with Crippen molar-refractivity contribution < 1.29 is 9.53 Å². The molecule has 20 heavy (non-hydrogen) atoms. The number of nitrogens with zero attached hydrogens (tertiary/aromatic N) is 1. The highest BCUT2D eigenvalue weighted by Crippen LogP contribution is 2.18. The molecule has 0 radical (unpaired) electrons. The summed E-state index contributed by atoms with van der Waals surface area (Å²) in [4.78, 5) is 14.2. The number of benzene rings is 2. The third kappa shape index (κ3) is 3.38. The van der Waals surface area contributed by atoms with Gasteiger partial charge in [-0.2, -0.15) is 0 Å². The summed E-state index contributed by atoms with van der Waals surface area (Å²) in [6.45, 7) is 2.35. The van der Waals surface area contributed by atoms with E-state index in [9.17, 15) is 4.79 Å². The summed E-state index contributed by atoms with van der Waals surface area (Å²) in [6.07, 6.45) is 0. The fraction of sp³-hybridized carbons (Fsp3) is 0.235. The average molecular weight is 269 g/mol. The number of carbonyl (C=O) groups excluding carboxylic acids is 1. The van der Waals surface area contributed by atoms with Crippen LogP contribution in [-0.4, -0.2) is 26.5 Å². The number of aryl methyl sites for hydroxylation is 1. The van der Waals surface area contributed by atoms with Crippen molar-refractivity contribution in [2.45, 2.75) is 6.92 Å². The first-order valence-electron chi connectivity index (χ1n) is 6.55. The number of carbonyl (C=O) groups is 1. The van der Waals surface area contributed by atoms with Crippen LogP contribution >= 0.6 is 0 Å². The molecule has 2 aromatic carbocycles. The van der Waals surface area contributed by atoms with Gasteiger partial charge in [0, 0.05) is 18.3 Å². The van der Waals surface area contributed by atoms with E-state index in [0.29, 0.717) is 6.54 Å². The summed E-state index contributed by atoms with van der Waals surface area (Å²) in [6, 6.07) is 15.4. The highest BCUT2D eigenvalue weighted by atomic mass is 16.5. The Hall–Kier alpha value is -2.29. The predicted octanol–water partition coefficient (Wildman–Crippen LogP) is 3.32. The quantitative estimate of drug-likeness (QED) is 0.780. The molecule has 0 aliphatic heterocycles. The maximum atomic E-state index is 12.2. The van der Waals surface area contributed by atoms with Crippen molar-refractivity contribution >= 4 is 11.5 Å². The molecule has 0 bridgehead atoms. The van der Waals surface area contributed by atoms with Crippen LogP contribution < -0.4 is 9.64 Å². The molecule has 0 fully saturated rings. The Balaban J connectivity index is 2.06. The maximum Gasteiger partial charge on any atom is 0.182 e. The molecule has 0 N–H and O–H groups in total. The Morgan fingerprint density at radius 1 is 1.15 bits per heavy atom. The molecule has 0 atom stereocenters. The topological polar surface area (TPSA) is 29.5 Å². The smallest absolute Gasteiger partial charge is 0.182 e. The summed E-state index contributed by atoms with van der Waals surface area (Å²) in [5.74, 6) is 0.930. The monoisotopic (exact) mass is 269 g/mol. The van der Waals surface area contributed by atoms with E-state index in [0.717, 1.165) is 22.6 Å². The molecule has 0 saturated heterocycles. The summed E-state index contributed by atoms with van der Waals surface area (Å²) in [7, 11) is 3.55. The first-order chi connectivity index (χ1) is 9.60. The van der Waals surface area contributed by atoms with Gasteiger partial charge in [-0.25, -0.2) is 0 Å². The van der Waals surface area contributed by atoms with Crippen molar-refractivity contribution in [2.75, 3.05) is 25.6 Å². The summed E-state index contributed by atoms with van der Waals surface area (Å²) < 4.78 is 5.13. The van der Waals surface area contributed by atoms with Crippen LogP contribution in [-0.2, 0) is 0 Å². The molecule has 0 amide bonds. The van der Waals surface area contributed by atoms with Crippen LogP contribution in [0.2, 0.25) is 0 Å². The molecule has 0 aliphatic carbocycles. The highest BCUT2D eigenvalue weighted by Gasteiger charge is 2.10. The first-order valence-corrected chi connectivity index (χ1v) is 6.55. The first kappa shape index (κ1) is 14.1. The van der Waals surface area contributed by atoms with E-state index >= 15 is 0 Å². The van der Waals surface area contributed by atoms with Crippen LogP contribution in [0.1, 0.15) is 15.9 Å². The third-order valence-electron chi connectivity index (χ3n) is 3.23. The predicted molar refractivity (Wildman–Crippen MR) is 81.8 cm³/mol. The lowest BCUT2D eigenvalue weighted by Gasteiger charge is -2.18. The molecule has 3 heteroatoms. The summed E-state index contributed by atoms with van der Waals surface area (Å²) >= 11 is 0. The zero-order valence-corrected chi connectivity index (χ0v) is 12.1. The molecule has 2 aromatic rings. The number of ketones is 1. The summed E-state index contributed by atoms with van der Waals surface area (Å²) in [5.41, 5.74) is 2.85. The largest absolute Gasteiger partial charge is 0.497 e. The van der Waals surface area contributed by atoms with Gasteiger partial charge in [-0.05, 0) is 37.3 Å². The number of anilines is 1. The van der Waals surface area contributed by atoms with E-state index in [2.05, 4.69) is 0 Å². The molecule has 104 valence electrons. The standard InChI is InChI=1S/C17H19NO2/c1-13-5-4-6-14(11-13)17(19)12-18(2)15-7-9-16(20-3)10-8-15/h4-11H,12H2,1-3H3. The molecule has 0 aliphatic rings. The van der Waals surface area contributed by atoms with Crippen LogP contribution in [0.15, 0.2) is 48.5 Å².